The zero-order valence-corrected chi connectivity index (χ0v) is 13.1. The third kappa shape index (κ3) is 2.26. The van der Waals surface area contributed by atoms with Gasteiger partial charge in [0.2, 0.25) is 17.7 Å². The fraction of sp³-hybridized carbons (Fsp3) is 0.500. The molecule has 3 aliphatic rings. The van der Waals surface area contributed by atoms with Crippen LogP contribution < -0.4 is 5.32 Å². The van der Waals surface area contributed by atoms with E-state index < -0.39 is 0 Å². The molecule has 1 saturated heterocycles. The van der Waals surface area contributed by atoms with Gasteiger partial charge in [0.25, 0.3) is 0 Å². The highest BCUT2D eigenvalue weighted by Gasteiger charge is 2.60. The van der Waals surface area contributed by atoms with Gasteiger partial charge in [0.1, 0.15) is 6.54 Å². The van der Waals surface area contributed by atoms with E-state index in [-0.39, 0.29) is 36.1 Å². The van der Waals surface area contributed by atoms with Crippen molar-refractivity contribution in [2.24, 2.45) is 23.7 Å². The van der Waals surface area contributed by atoms with Crippen LogP contribution in [-0.2, 0) is 14.4 Å². The predicted octanol–water partition coefficient (Wildman–Crippen LogP) is 1.96. The van der Waals surface area contributed by atoms with Crippen molar-refractivity contribution in [3.63, 3.8) is 0 Å². The largest absolute Gasteiger partial charge is 0.325 e. The van der Waals surface area contributed by atoms with Crippen LogP contribution in [0.25, 0.3) is 0 Å². The van der Waals surface area contributed by atoms with Crippen LogP contribution in [-0.4, -0.2) is 29.2 Å². The maximum absolute atomic E-state index is 12.5. The molecule has 4 atom stereocenters. The first-order valence-electron chi connectivity index (χ1n) is 8.26. The first kappa shape index (κ1) is 14.4. The van der Waals surface area contributed by atoms with Gasteiger partial charge in [0, 0.05) is 5.69 Å². The van der Waals surface area contributed by atoms with E-state index in [1.165, 1.54) is 4.90 Å². The number of hydrogen-bond donors (Lipinski definition) is 1. The second-order valence-corrected chi connectivity index (χ2v) is 7.06. The van der Waals surface area contributed by atoms with Crippen LogP contribution >= 0.6 is 0 Å². The Kier molecular flexibility index (Phi) is 3.25. The van der Waals surface area contributed by atoms with E-state index in [1.807, 2.05) is 31.2 Å². The van der Waals surface area contributed by atoms with Gasteiger partial charge in [-0.3, -0.25) is 19.3 Å². The van der Waals surface area contributed by atoms with Gasteiger partial charge in [-0.15, -0.1) is 0 Å². The summed E-state index contributed by atoms with van der Waals surface area (Å²) in [6.45, 7) is 1.80. The lowest BCUT2D eigenvalue weighted by Gasteiger charge is -2.19. The minimum Gasteiger partial charge on any atom is -0.325 e. The molecular formula is C18H20N2O3. The molecule has 2 bridgehead atoms. The van der Waals surface area contributed by atoms with Crippen molar-refractivity contribution in [1.82, 2.24) is 4.90 Å². The van der Waals surface area contributed by atoms with Crippen molar-refractivity contribution < 1.29 is 14.4 Å². The van der Waals surface area contributed by atoms with E-state index in [9.17, 15) is 14.4 Å². The molecule has 1 aromatic rings. The molecule has 120 valence electrons. The molecule has 1 N–H and O–H groups in total. The first-order valence-corrected chi connectivity index (χ1v) is 8.26. The highest BCUT2D eigenvalue weighted by atomic mass is 16.2. The number of nitrogens with zero attached hydrogens (tertiary/aromatic N) is 1. The molecule has 0 unspecified atom stereocenters. The van der Waals surface area contributed by atoms with E-state index in [0.717, 1.165) is 24.8 Å². The molecule has 0 radical (unpaired) electrons. The van der Waals surface area contributed by atoms with Crippen LogP contribution in [0.5, 0.6) is 0 Å². The smallest absolute Gasteiger partial charge is 0.244 e. The van der Waals surface area contributed by atoms with Gasteiger partial charge < -0.3 is 5.32 Å². The van der Waals surface area contributed by atoms with Crippen LogP contribution in [0.15, 0.2) is 24.3 Å². The second-order valence-electron chi connectivity index (χ2n) is 7.06. The Morgan fingerprint density at radius 2 is 1.65 bits per heavy atom. The molecule has 5 nitrogen and oxygen atoms in total. The van der Waals surface area contributed by atoms with E-state index in [2.05, 4.69) is 5.32 Å². The van der Waals surface area contributed by atoms with Crippen LogP contribution in [0.4, 0.5) is 5.69 Å². The van der Waals surface area contributed by atoms with Crippen LogP contribution in [0.3, 0.4) is 0 Å². The summed E-state index contributed by atoms with van der Waals surface area (Å²) in [5, 5.41) is 2.76. The lowest BCUT2D eigenvalue weighted by molar-refractivity contribution is -0.143. The molecule has 0 spiro atoms. The standard InChI is InChI=1S/C18H20N2O3/c1-10-2-6-13(7-3-10)19-14(21)9-20-17(22)15-11-4-5-12(8-11)16(15)18(20)23/h2-3,6-7,11-12,15-16H,4-5,8-9H2,1H3,(H,19,21)/t11-,12-,15-,16+/m0/s1. The Balaban J connectivity index is 1.44. The van der Waals surface area contributed by atoms with Gasteiger partial charge in [0.15, 0.2) is 0 Å². The topological polar surface area (TPSA) is 66.5 Å². The predicted molar refractivity (Wildman–Crippen MR) is 84.3 cm³/mol. The SMILES string of the molecule is Cc1ccc(NC(=O)CN2C(=O)[C@@H]3[C@H]4CC[C@@H](C4)[C@@H]3C2=O)cc1. The summed E-state index contributed by atoms with van der Waals surface area (Å²) in [5.41, 5.74) is 1.79. The molecule has 1 heterocycles. The van der Waals surface area contributed by atoms with Crippen LogP contribution in [0, 0.1) is 30.6 Å². The van der Waals surface area contributed by atoms with Crippen LogP contribution in [0.2, 0.25) is 0 Å². The molecule has 1 aromatic carbocycles. The van der Waals surface area contributed by atoms with Crippen LogP contribution in [0.1, 0.15) is 24.8 Å². The maximum Gasteiger partial charge on any atom is 0.244 e. The van der Waals surface area contributed by atoms with Crippen molar-refractivity contribution in [3.05, 3.63) is 29.8 Å². The lowest BCUT2D eigenvalue weighted by Crippen LogP contribution is -2.39. The van der Waals surface area contributed by atoms with E-state index in [0.29, 0.717) is 17.5 Å². The quantitative estimate of drug-likeness (QED) is 0.868. The monoisotopic (exact) mass is 312 g/mol. The summed E-state index contributed by atoms with van der Waals surface area (Å²) in [7, 11) is 0. The number of likely N-dealkylation sites (tertiary alicyclic amines) is 1. The van der Waals surface area contributed by atoms with Crippen molar-refractivity contribution in [3.8, 4) is 0 Å². The number of aryl methyl sites for hydroxylation is 1. The summed E-state index contributed by atoms with van der Waals surface area (Å²) in [6.07, 6.45) is 3.11. The highest BCUT2D eigenvalue weighted by Crippen LogP contribution is 2.56. The molecule has 2 saturated carbocycles. The fourth-order valence-corrected chi connectivity index (χ4v) is 4.61. The second kappa shape index (κ2) is 5.18. The van der Waals surface area contributed by atoms with Crippen molar-refractivity contribution in [1.29, 1.82) is 0 Å². The highest BCUT2D eigenvalue weighted by molar-refractivity contribution is 6.09. The van der Waals surface area contributed by atoms with Gasteiger partial charge in [-0.1, -0.05) is 17.7 Å². The Labute approximate surface area is 135 Å². The molecule has 0 aromatic heterocycles. The Hall–Kier alpha value is -2.17. The molecule has 3 amide bonds. The molecule has 1 aliphatic heterocycles. The summed E-state index contributed by atoms with van der Waals surface area (Å²) >= 11 is 0. The summed E-state index contributed by atoms with van der Waals surface area (Å²) < 4.78 is 0. The normalized spacial score (nSPS) is 31.6. The van der Waals surface area contributed by atoms with E-state index in [4.69, 9.17) is 0 Å². The van der Waals surface area contributed by atoms with Gasteiger partial charge in [0.05, 0.1) is 11.8 Å². The van der Waals surface area contributed by atoms with Crippen molar-refractivity contribution in [2.75, 3.05) is 11.9 Å². The van der Waals surface area contributed by atoms with E-state index in [1.54, 1.807) is 0 Å². The zero-order valence-electron chi connectivity index (χ0n) is 13.1. The summed E-state index contributed by atoms with van der Waals surface area (Å²) in [5.74, 6) is -0.194. The van der Waals surface area contributed by atoms with Gasteiger partial charge >= 0.3 is 0 Å². The number of carbonyl (C=O) groups excluding carboxylic acids is 3. The lowest BCUT2D eigenvalue weighted by atomic mass is 9.81. The average molecular weight is 312 g/mol. The van der Waals surface area contributed by atoms with Crippen molar-refractivity contribution in [2.45, 2.75) is 26.2 Å². The molecule has 23 heavy (non-hydrogen) atoms. The van der Waals surface area contributed by atoms with Gasteiger partial charge in [-0.2, -0.15) is 0 Å². The molecule has 3 fully saturated rings. The Morgan fingerprint density at radius 1 is 1.09 bits per heavy atom. The summed E-state index contributed by atoms with van der Waals surface area (Å²) in [6, 6.07) is 7.44. The third-order valence-corrected chi connectivity index (χ3v) is 5.66. The molecule has 2 aliphatic carbocycles. The third-order valence-electron chi connectivity index (χ3n) is 5.66. The number of imide groups is 1. The average Bonchev–Trinajstić information content (AvgIpc) is 3.19. The number of benzene rings is 1. The molecule has 4 rings (SSSR count). The number of carbonyl (C=O) groups is 3. The fourth-order valence-electron chi connectivity index (χ4n) is 4.61. The minimum absolute atomic E-state index is 0.133. The number of rotatable bonds is 3. The molecule has 5 heteroatoms. The zero-order chi connectivity index (χ0) is 16.1. The Bertz CT molecular complexity index is 654. The number of hydrogen-bond acceptors (Lipinski definition) is 3. The molecular weight excluding hydrogens is 292 g/mol. The van der Waals surface area contributed by atoms with E-state index >= 15 is 0 Å². The number of anilines is 1. The number of amides is 3. The minimum atomic E-state index is -0.317. The number of nitrogens with one attached hydrogen (secondary N) is 1. The Morgan fingerprint density at radius 3 is 2.22 bits per heavy atom. The summed E-state index contributed by atoms with van der Waals surface area (Å²) in [4.78, 5) is 38.5. The van der Waals surface area contributed by atoms with Gasteiger partial charge in [-0.25, -0.2) is 0 Å². The maximum atomic E-state index is 12.5. The number of fused-ring (bicyclic) bond motifs is 5. The first-order chi connectivity index (χ1) is 11.0. The van der Waals surface area contributed by atoms with Crippen molar-refractivity contribution >= 4 is 23.4 Å². The van der Waals surface area contributed by atoms with Gasteiger partial charge in [-0.05, 0) is 50.2 Å².